The molecule has 1 N–H and O–H groups in total. The van der Waals surface area contributed by atoms with Gasteiger partial charge in [0, 0.05) is 14.1 Å². The van der Waals surface area contributed by atoms with E-state index in [1.807, 2.05) is 50.2 Å². The van der Waals surface area contributed by atoms with Crippen molar-refractivity contribution in [1.29, 1.82) is 0 Å². The van der Waals surface area contributed by atoms with Gasteiger partial charge in [-0.3, -0.25) is 4.79 Å². The monoisotopic (exact) mass is 461 g/mol. The van der Waals surface area contributed by atoms with E-state index in [1.165, 1.54) is 18.4 Å². The molecular formula is C24H35N3O4S. The van der Waals surface area contributed by atoms with Gasteiger partial charge in [0.15, 0.2) is 0 Å². The quantitative estimate of drug-likeness (QED) is 0.583. The summed E-state index contributed by atoms with van der Waals surface area (Å²) in [6.07, 6.45) is 0.724. The molecule has 0 aliphatic rings. The van der Waals surface area contributed by atoms with Crippen LogP contribution in [0.2, 0.25) is 0 Å². The molecule has 0 aliphatic carbocycles. The topological polar surface area (TPSA) is 79.0 Å². The zero-order valence-electron chi connectivity index (χ0n) is 20.0. The Labute approximate surface area is 192 Å². The van der Waals surface area contributed by atoms with Gasteiger partial charge in [-0.15, -0.1) is 0 Å². The zero-order chi connectivity index (χ0) is 24.1. The molecule has 0 aromatic heterocycles. The number of benzene rings is 2. The number of nitrogens with zero attached hydrogens (tertiary/aromatic N) is 2. The molecular weight excluding hydrogens is 426 g/mol. The Balaban J connectivity index is 2.35. The highest BCUT2D eigenvalue weighted by Crippen LogP contribution is 2.27. The molecule has 1 atom stereocenters. The summed E-state index contributed by atoms with van der Waals surface area (Å²) in [5.41, 5.74) is 3.14. The Morgan fingerprint density at radius 2 is 1.69 bits per heavy atom. The number of hydrogen-bond acceptors (Lipinski definition) is 4. The molecule has 0 spiro atoms. The molecule has 2 rings (SSSR count). The summed E-state index contributed by atoms with van der Waals surface area (Å²) in [5, 5.41) is 3.04. The summed E-state index contributed by atoms with van der Waals surface area (Å²) in [7, 11) is 0.662. The van der Waals surface area contributed by atoms with Gasteiger partial charge >= 0.3 is 10.2 Å². The van der Waals surface area contributed by atoms with Crippen LogP contribution in [0.4, 0.5) is 5.69 Å². The number of carbonyl (C=O) groups is 1. The average Bonchev–Trinajstić information content (AvgIpc) is 2.73. The van der Waals surface area contributed by atoms with Gasteiger partial charge in [0.05, 0.1) is 18.8 Å². The van der Waals surface area contributed by atoms with Crippen LogP contribution in [0.15, 0.2) is 42.5 Å². The number of carbonyl (C=O) groups excluding carboxylic acids is 1. The Morgan fingerprint density at radius 3 is 2.22 bits per heavy atom. The van der Waals surface area contributed by atoms with Gasteiger partial charge in [-0.25, -0.2) is 4.31 Å². The third-order valence-corrected chi connectivity index (χ3v) is 7.03. The van der Waals surface area contributed by atoms with E-state index in [1.54, 1.807) is 13.2 Å². The second-order valence-corrected chi connectivity index (χ2v) is 10.7. The normalized spacial score (nSPS) is 12.7. The lowest BCUT2D eigenvalue weighted by Crippen LogP contribution is -2.46. The summed E-state index contributed by atoms with van der Waals surface area (Å²) in [6.45, 7) is 7.59. The van der Waals surface area contributed by atoms with Crippen molar-refractivity contribution >= 4 is 21.8 Å². The first-order valence-electron chi connectivity index (χ1n) is 10.7. The lowest BCUT2D eigenvalue weighted by molar-refractivity contribution is -0.120. The van der Waals surface area contributed by atoms with Crippen molar-refractivity contribution < 1.29 is 17.9 Å². The second kappa shape index (κ2) is 10.8. The minimum atomic E-state index is -3.87. The Hall–Kier alpha value is -2.58. The Kier molecular flexibility index (Phi) is 8.69. The molecule has 0 saturated heterocycles. The van der Waals surface area contributed by atoms with Crippen LogP contribution in [0.3, 0.4) is 0 Å². The first-order chi connectivity index (χ1) is 14.9. The summed E-state index contributed by atoms with van der Waals surface area (Å²) in [6, 6.07) is 12.9. The second-order valence-electron chi connectivity index (χ2n) is 8.61. The third kappa shape index (κ3) is 6.46. The molecule has 0 aliphatic heterocycles. The van der Waals surface area contributed by atoms with Crippen molar-refractivity contribution in [3.63, 3.8) is 0 Å². The summed E-state index contributed by atoms with van der Waals surface area (Å²) in [5.74, 6) is 0.711. The van der Waals surface area contributed by atoms with E-state index in [9.17, 15) is 13.2 Å². The van der Waals surface area contributed by atoms with Crippen molar-refractivity contribution in [1.82, 2.24) is 9.62 Å². The van der Waals surface area contributed by atoms with Gasteiger partial charge in [-0.1, -0.05) is 38.1 Å². The fourth-order valence-corrected chi connectivity index (χ4v) is 4.55. The van der Waals surface area contributed by atoms with Crippen LogP contribution >= 0.6 is 0 Å². The maximum atomic E-state index is 13.1. The Bertz CT molecular complexity index is 1020. The van der Waals surface area contributed by atoms with Gasteiger partial charge in [0.1, 0.15) is 12.3 Å². The van der Waals surface area contributed by atoms with E-state index in [4.69, 9.17) is 4.74 Å². The smallest absolute Gasteiger partial charge is 0.304 e. The summed E-state index contributed by atoms with van der Waals surface area (Å²) in [4.78, 5) is 13.1. The summed E-state index contributed by atoms with van der Waals surface area (Å²) >= 11 is 0. The number of nitrogens with one attached hydrogen (secondary N) is 1. The predicted molar refractivity (Wildman–Crippen MR) is 129 cm³/mol. The molecule has 0 fully saturated rings. The molecule has 176 valence electrons. The number of ether oxygens (including phenoxy) is 1. The first kappa shape index (κ1) is 25.7. The molecule has 1 unspecified atom stereocenters. The number of rotatable bonds is 10. The van der Waals surface area contributed by atoms with Gasteiger partial charge in [-0.2, -0.15) is 12.7 Å². The van der Waals surface area contributed by atoms with Gasteiger partial charge in [0.25, 0.3) is 0 Å². The van der Waals surface area contributed by atoms with Crippen LogP contribution in [0.25, 0.3) is 0 Å². The Morgan fingerprint density at radius 1 is 1.06 bits per heavy atom. The van der Waals surface area contributed by atoms with E-state index in [0.29, 0.717) is 11.6 Å². The maximum Gasteiger partial charge on any atom is 0.304 e. The summed E-state index contributed by atoms with van der Waals surface area (Å²) < 4.78 is 33.7. The maximum absolute atomic E-state index is 13.1. The highest BCUT2D eigenvalue weighted by atomic mass is 32.2. The lowest BCUT2D eigenvalue weighted by atomic mass is 9.97. The largest absolute Gasteiger partial charge is 0.497 e. The number of hydrogen-bond donors (Lipinski definition) is 1. The predicted octanol–water partition coefficient (Wildman–Crippen LogP) is 3.83. The number of anilines is 1. The average molecular weight is 462 g/mol. The third-order valence-electron chi connectivity index (χ3n) is 5.22. The van der Waals surface area contributed by atoms with Crippen LogP contribution in [0.1, 0.15) is 43.0 Å². The number of methoxy groups -OCH3 is 1. The fourth-order valence-electron chi connectivity index (χ4n) is 3.43. The molecule has 8 heteroatoms. The van der Waals surface area contributed by atoms with Crippen LogP contribution in [0, 0.1) is 19.8 Å². The van der Waals surface area contributed by atoms with Crippen molar-refractivity contribution in [3.8, 4) is 5.75 Å². The van der Waals surface area contributed by atoms with E-state index in [2.05, 4.69) is 19.2 Å². The molecule has 32 heavy (non-hydrogen) atoms. The minimum absolute atomic E-state index is 0.240. The van der Waals surface area contributed by atoms with Gasteiger partial charge < -0.3 is 10.1 Å². The van der Waals surface area contributed by atoms with Crippen molar-refractivity contribution in [3.05, 3.63) is 59.2 Å². The van der Waals surface area contributed by atoms with E-state index in [0.717, 1.165) is 33.2 Å². The highest BCUT2D eigenvalue weighted by Gasteiger charge is 2.29. The molecule has 0 saturated carbocycles. The number of amides is 1. The van der Waals surface area contributed by atoms with Crippen LogP contribution in [-0.2, 0) is 15.0 Å². The van der Waals surface area contributed by atoms with Gasteiger partial charge in [0.2, 0.25) is 5.91 Å². The molecule has 0 heterocycles. The van der Waals surface area contributed by atoms with Gasteiger partial charge in [-0.05, 0) is 61.1 Å². The van der Waals surface area contributed by atoms with Crippen LogP contribution < -0.4 is 14.4 Å². The number of aryl methyl sites for hydroxylation is 2. The lowest BCUT2D eigenvalue weighted by Gasteiger charge is -2.29. The molecule has 7 nitrogen and oxygen atoms in total. The van der Waals surface area contributed by atoms with E-state index in [-0.39, 0.29) is 18.5 Å². The molecule has 2 aromatic rings. The van der Waals surface area contributed by atoms with Crippen LogP contribution in [-0.4, -0.2) is 46.4 Å². The standard InChI is InChI=1S/C24H35N3O4S/c1-17(2)14-22(20-10-12-21(31-7)13-11-20)25-24(28)16-27(32(29,30)26(5)6)23-15-18(3)8-9-19(23)4/h8-13,15,17,22H,14,16H2,1-7H3,(H,25,28). The first-order valence-corrected chi connectivity index (χ1v) is 12.1. The minimum Gasteiger partial charge on any atom is -0.497 e. The molecule has 0 bridgehead atoms. The van der Waals surface area contributed by atoms with Crippen molar-refractivity contribution in [2.24, 2.45) is 5.92 Å². The van der Waals surface area contributed by atoms with Crippen LogP contribution in [0.5, 0.6) is 5.75 Å². The SMILES string of the molecule is COc1ccc(C(CC(C)C)NC(=O)CN(c2cc(C)ccc2C)S(=O)(=O)N(C)C)cc1. The molecule has 1 amide bonds. The van der Waals surface area contributed by atoms with E-state index >= 15 is 0 Å². The van der Waals surface area contributed by atoms with E-state index < -0.39 is 10.2 Å². The molecule has 2 aromatic carbocycles. The fraction of sp³-hybridized carbons (Fsp3) is 0.458. The molecule has 0 radical (unpaired) electrons. The zero-order valence-corrected chi connectivity index (χ0v) is 20.9. The van der Waals surface area contributed by atoms with Crippen molar-refractivity contribution in [2.45, 2.75) is 40.2 Å². The highest BCUT2D eigenvalue weighted by molar-refractivity contribution is 7.90. The van der Waals surface area contributed by atoms with Crippen molar-refractivity contribution in [2.75, 3.05) is 32.1 Å².